The molecule has 7 heteroatoms. The van der Waals surface area contributed by atoms with Crippen LogP contribution < -0.4 is 10.6 Å². The Labute approximate surface area is 145 Å². The Hall–Kier alpha value is -1.30. The molecule has 1 heterocycles. The molecular weight excluding hydrogens is 339 g/mol. The summed E-state index contributed by atoms with van der Waals surface area (Å²) < 4.78 is 1.81. The van der Waals surface area contributed by atoms with E-state index in [4.69, 9.17) is 35.4 Å². The van der Waals surface area contributed by atoms with E-state index in [-0.39, 0.29) is 0 Å². The van der Waals surface area contributed by atoms with Gasteiger partial charge in [0.2, 0.25) is 0 Å². The Kier molecular flexibility index (Phi) is 6.06. The highest BCUT2D eigenvalue weighted by Gasteiger charge is 2.04. The molecule has 1 aromatic carbocycles. The maximum Gasteiger partial charge on any atom is 0.171 e. The van der Waals surface area contributed by atoms with Crippen molar-refractivity contribution in [3.63, 3.8) is 0 Å². The number of anilines is 1. The summed E-state index contributed by atoms with van der Waals surface area (Å²) in [4.78, 5) is 0. The second kappa shape index (κ2) is 7.81. The van der Waals surface area contributed by atoms with E-state index in [1.54, 1.807) is 6.07 Å². The number of thiocarbonyl (C=S) groups is 1. The van der Waals surface area contributed by atoms with Crippen molar-refractivity contribution in [1.82, 2.24) is 15.1 Å². The third-order valence-corrected chi connectivity index (χ3v) is 3.87. The number of aromatic nitrogens is 2. The van der Waals surface area contributed by atoms with Crippen molar-refractivity contribution in [3.05, 3.63) is 46.1 Å². The molecule has 0 spiro atoms. The highest BCUT2D eigenvalue weighted by molar-refractivity contribution is 7.80. The van der Waals surface area contributed by atoms with Crippen molar-refractivity contribution in [3.8, 4) is 0 Å². The predicted molar refractivity (Wildman–Crippen MR) is 96.9 cm³/mol. The van der Waals surface area contributed by atoms with Crippen LogP contribution in [0.1, 0.15) is 19.4 Å². The fourth-order valence-electron chi connectivity index (χ4n) is 1.80. The lowest BCUT2D eigenvalue weighted by Crippen LogP contribution is -2.31. The van der Waals surface area contributed by atoms with Crippen molar-refractivity contribution in [1.29, 1.82) is 0 Å². The summed E-state index contributed by atoms with van der Waals surface area (Å²) >= 11 is 17.1. The molecule has 0 radical (unpaired) electrons. The Morgan fingerprint density at radius 2 is 2.05 bits per heavy atom. The standard InChI is InChI=1S/C15H18Cl2N4S/c1-10(2)8-18-15(22)19-14-5-6-21(20-14)9-11-3-4-12(16)13(17)7-11/h3-7,10H,8-9H2,1-2H3,(H2,18,19,20,22). The largest absolute Gasteiger partial charge is 0.362 e. The summed E-state index contributed by atoms with van der Waals surface area (Å²) in [6.45, 7) is 5.70. The second-order valence-electron chi connectivity index (χ2n) is 5.38. The molecule has 22 heavy (non-hydrogen) atoms. The highest BCUT2D eigenvalue weighted by Crippen LogP contribution is 2.23. The van der Waals surface area contributed by atoms with E-state index < -0.39 is 0 Å². The monoisotopic (exact) mass is 356 g/mol. The topological polar surface area (TPSA) is 41.9 Å². The van der Waals surface area contributed by atoms with Gasteiger partial charge in [-0.2, -0.15) is 5.10 Å². The van der Waals surface area contributed by atoms with Crippen LogP contribution in [-0.4, -0.2) is 21.4 Å². The molecule has 4 nitrogen and oxygen atoms in total. The minimum atomic E-state index is 0.534. The number of hydrogen-bond donors (Lipinski definition) is 2. The molecule has 0 saturated heterocycles. The summed E-state index contributed by atoms with van der Waals surface area (Å²) in [6, 6.07) is 7.43. The molecule has 2 aromatic rings. The maximum atomic E-state index is 6.02. The van der Waals surface area contributed by atoms with Gasteiger partial charge in [-0.25, -0.2) is 0 Å². The van der Waals surface area contributed by atoms with Crippen molar-refractivity contribution < 1.29 is 0 Å². The van der Waals surface area contributed by atoms with Gasteiger partial charge in [0.25, 0.3) is 0 Å². The SMILES string of the molecule is CC(C)CNC(=S)Nc1ccn(Cc2ccc(Cl)c(Cl)c2)n1. The molecule has 0 atom stereocenters. The first-order valence-electron chi connectivity index (χ1n) is 6.96. The van der Waals surface area contributed by atoms with Crippen LogP contribution in [-0.2, 0) is 6.54 Å². The third kappa shape index (κ3) is 5.16. The van der Waals surface area contributed by atoms with Crippen molar-refractivity contribution in [2.24, 2.45) is 5.92 Å². The predicted octanol–water partition coefficient (Wildman–Crippen LogP) is 4.18. The normalized spacial score (nSPS) is 10.8. The van der Waals surface area contributed by atoms with Crippen LogP contribution in [0.5, 0.6) is 0 Å². The van der Waals surface area contributed by atoms with Gasteiger partial charge in [-0.15, -0.1) is 0 Å². The number of benzene rings is 1. The lowest BCUT2D eigenvalue weighted by atomic mass is 10.2. The molecular formula is C15H18Cl2N4S. The number of nitrogens with one attached hydrogen (secondary N) is 2. The maximum absolute atomic E-state index is 6.02. The highest BCUT2D eigenvalue weighted by atomic mass is 35.5. The van der Waals surface area contributed by atoms with E-state index in [1.807, 2.05) is 29.1 Å². The lowest BCUT2D eigenvalue weighted by molar-refractivity contribution is 0.627. The van der Waals surface area contributed by atoms with Crippen molar-refractivity contribution >= 4 is 46.4 Å². The van der Waals surface area contributed by atoms with Gasteiger partial charge in [0.05, 0.1) is 16.6 Å². The van der Waals surface area contributed by atoms with Crippen molar-refractivity contribution in [2.75, 3.05) is 11.9 Å². The smallest absolute Gasteiger partial charge is 0.171 e. The lowest BCUT2D eigenvalue weighted by Gasteiger charge is -2.10. The number of rotatable bonds is 5. The fourth-order valence-corrected chi connectivity index (χ4v) is 2.31. The zero-order valence-electron chi connectivity index (χ0n) is 12.4. The van der Waals surface area contributed by atoms with E-state index in [0.29, 0.717) is 33.4 Å². The van der Waals surface area contributed by atoms with E-state index in [9.17, 15) is 0 Å². The molecule has 0 fully saturated rings. The third-order valence-electron chi connectivity index (χ3n) is 2.88. The van der Waals surface area contributed by atoms with E-state index >= 15 is 0 Å². The van der Waals surface area contributed by atoms with Crippen LogP contribution in [0.25, 0.3) is 0 Å². The van der Waals surface area contributed by atoms with Crippen LogP contribution in [0.4, 0.5) is 5.82 Å². The Balaban J connectivity index is 1.93. The van der Waals surface area contributed by atoms with Crippen LogP contribution in [0.15, 0.2) is 30.5 Å². The Bertz CT molecular complexity index is 655. The van der Waals surface area contributed by atoms with Gasteiger partial charge < -0.3 is 10.6 Å². The zero-order valence-corrected chi connectivity index (χ0v) is 14.8. The summed E-state index contributed by atoms with van der Waals surface area (Å²) in [5.74, 6) is 1.24. The average molecular weight is 357 g/mol. The molecule has 1 aromatic heterocycles. The molecule has 2 rings (SSSR count). The zero-order chi connectivity index (χ0) is 16.1. The van der Waals surface area contributed by atoms with Gasteiger partial charge in [0.1, 0.15) is 0 Å². The minimum Gasteiger partial charge on any atom is -0.362 e. The number of halogens is 2. The van der Waals surface area contributed by atoms with E-state index in [2.05, 4.69) is 29.6 Å². The molecule has 2 N–H and O–H groups in total. The molecule has 118 valence electrons. The molecule has 0 aliphatic carbocycles. The first-order chi connectivity index (χ1) is 10.4. The molecule has 0 aliphatic heterocycles. The van der Waals surface area contributed by atoms with Crippen LogP contribution in [0, 0.1) is 5.92 Å². The van der Waals surface area contributed by atoms with Gasteiger partial charge in [0.15, 0.2) is 10.9 Å². The van der Waals surface area contributed by atoms with E-state index in [1.165, 1.54) is 0 Å². The first-order valence-corrected chi connectivity index (χ1v) is 8.12. The fraction of sp³-hybridized carbons (Fsp3) is 0.333. The number of nitrogens with zero attached hydrogens (tertiary/aromatic N) is 2. The summed E-state index contributed by atoms with van der Waals surface area (Å²) in [6.07, 6.45) is 1.88. The average Bonchev–Trinajstić information content (AvgIpc) is 2.88. The minimum absolute atomic E-state index is 0.534. The van der Waals surface area contributed by atoms with E-state index in [0.717, 1.165) is 12.1 Å². The first kappa shape index (κ1) is 17.1. The van der Waals surface area contributed by atoms with Crippen LogP contribution in [0.2, 0.25) is 10.0 Å². The van der Waals surface area contributed by atoms with Gasteiger partial charge in [-0.1, -0.05) is 43.1 Å². The van der Waals surface area contributed by atoms with Crippen LogP contribution >= 0.6 is 35.4 Å². The van der Waals surface area contributed by atoms with Gasteiger partial charge in [-0.05, 0) is 35.8 Å². The van der Waals surface area contributed by atoms with Crippen molar-refractivity contribution in [2.45, 2.75) is 20.4 Å². The summed E-state index contributed by atoms with van der Waals surface area (Å²) in [5.41, 5.74) is 1.03. The molecule has 0 bridgehead atoms. The molecule has 0 aliphatic rings. The summed E-state index contributed by atoms with van der Waals surface area (Å²) in [7, 11) is 0. The second-order valence-corrected chi connectivity index (χ2v) is 6.60. The van der Waals surface area contributed by atoms with Crippen LogP contribution in [0.3, 0.4) is 0 Å². The molecule has 0 saturated carbocycles. The van der Waals surface area contributed by atoms with Gasteiger partial charge in [-0.3, -0.25) is 4.68 Å². The molecule has 0 amide bonds. The summed E-state index contributed by atoms with van der Waals surface area (Å²) in [5, 5.41) is 12.3. The quantitative estimate of drug-likeness (QED) is 0.788. The number of hydrogen-bond acceptors (Lipinski definition) is 2. The Morgan fingerprint density at radius 1 is 1.27 bits per heavy atom. The van der Waals surface area contributed by atoms with Gasteiger partial charge >= 0.3 is 0 Å². The Morgan fingerprint density at radius 3 is 2.73 bits per heavy atom. The van der Waals surface area contributed by atoms with Gasteiger partial charge in [0, 0.05) is 18.8 Å². The molecule has 0 unspecified atom stereocenters.